The normalized spacial score (nSPS) is 20.7. The first kappa shape index (κ1) is 28.1. The van der Waals surface area contributed by atoms with Crippen molar-refractivity contribution in [3.8, 4) is 17.1 Å². The van der Waals surface area contributed by atoms with Gasteiger partial charge in [-0.1, -0.05) is 43.5 Å². The van der Waals surface area contributed by atoms with E-state index >= 15 is 0 Å². The molecule has 1 saturated heterocycles. The number of anilines is 1. The van der Waals surface area contributed by atoms with Gasteiger partial charge in [-0.25, -0.2) is 18.1 Å². The van der Waals surface area contributed by atoms with Gasteiger partial charge in [0.05, 0.1) is 16.6 Å². The van der Waals surface area contributed by atoms with Crippen LogP contribution in [0.5, 0.6) is 5.88 Å². The number of hydrogen-bond acceptors (Lipinski definition) is 7. The number of benzene rings is 2. The largest absolute Gasteiger partial charge is 0.475 e. The van der Waals surface area contributed by atoms with Crippen LogP contribution in [-0.2, 0) is 14.8 Å². The minimum Gasteiger partial charge on any atom is -0.475 e. The molecule has 3 heterocycles. The molecule has 6 rings (SSSR count). The number of ether oxygens (including phenoxy) is 1. The van der Waals surface area contributed by atoms with Crippen molar-refractivity contribution in [2.45, 2.75) is 56.9 Å². The van der Waals surface area contributed by atoms with Crippen LogP contribution in [-0.4, -0.2) is 72.3 Å². The molecule has 1 aromatic heterocycles. The zero-order valence-corrected chi connectivity index (χ0v) is 24.7. The fraction of sp³-hybridized carbons (Fsp3) is 0.419. The molecule has 2 aromatic carbocycles. The van der Waals surface area contributed by atoms with Crippen molar-refractivity contribution < 1.29 is 22.7 Å². The molecular weight excluding hydrogens is 554 g/mol. The van der Waals surface area contributed by atoms with Gasteiger partial charge < -0.3 is 14.5 Å². The van der Waals surface area contributed by atoms with Crippen LogP contribution < -0.4 is 9.46 Å². The van der Waals surface area contributed by atoms with Gasteiger partial charge in [-0.3, -0.25) is 9.59 Å². The minimum atomic E-state index is -4.12. The molecular formula is C31H35N5O5S. The van der Waals surface area contributed by atoms with E-state index in [1.54, 1.807) is 23.1 Å². The molecule has 2 amide bonds. The number of rotatable bonds is 2. The van der Waals surface area contributed by atoms with Crippen LogP contribution in [0.3, 0.4) is 0 Å². The lowest BCUT2D eigenvalue weighted by atomic mass is 9.88. The lowest BCUT2D eigenvalue weighted by Crippen LogP contribution is -2.59. The summed E-state index contributed by atoms with van der Waals surface area (Å²) in [6, 6.07) is 13.1. The predicted molar refractivity (Wildman–Crippen MR) is 158 cm³/mol. The van der Waals surface area contributed by atoms with Crippen LogP contribution in [0.25, 0.3) is 11.3 Å². The van der Waals surface area contributed by atoms with E-state index in [2.05, 4.69) is 14.7 Å². The molecule has 4 bridgehead atoms. The second kappa shape index (κ2) is 11.4. The Bertz CT molecular complexity index is 1620. The molecule has 0 spiro atoms. The third-order valence-electron chi connectivity index (χ3n) is 8.49. The van der Waals surface area contributed by atoms with Crippen LogP contribution in [0.1, 0.15) is 53.6 Å². The summed E-state index contributed by atoms with van der Waals surface area (Å²) < 4.78 is 35.5. The maximum atomic E-state index is 13.8. The molecule has 1 N–H and O–H groups in total. The van der Waals surface area contributed by atoms with Gasteiger partial charge in [-0.15, -0.1) is 0 Å². The zero-order chi connectivity index (χ0) is 29.4. The van der Waals surface area contributed by atoms with Crippen LogP contribution >= 0.6 is 0 Å². The summed E-state index contributed by atoms with van der Waals surface area (Å²) in [4.78, 5) is 39.6. The number of amides is 2. The molecule has 3 aliphatic rings. The van der Waals surface area contributed by atoms with Crippen molar-refractivity contribution in [3.63, 3.8) is 0 Å². The van der Waals surface area contributed by atoms with Crippen molar-refractivity contribution in [2.75, 3.05) is 31.0 Å². The summed E-state index contributed by atoms with van der Waals surface area (Å²) >= 11 is 0. The van der Waals surface area contributed by atoms with Crippen LogP contribution in [0, 0.1) is 19.8 Å². The quantitative estimate of drug-likeness (QED) is 0.476. The van der Waals surface area contributed by atoms with Gasteiger partial charge in [0.15, 0.2) is 0 Å². The smallest absolute Gasteiger partial charge is 0.264 e. The SMILES string of the molecule is Cc1cccc(C)c1-c1cc2nc(n1)NS(=O)(=O)c1cccc(c1)C(=O)N1CCN(C(=O)C3CCCCC3)C[C@@H]1CO2. The maximum Gasteiger partial charge on any atom is 0.264 e. The Hall–Kier alpha value is -3.99. The first-order valence-corrected chi connectivity index (χ1v) is 16.0. The molecule has 2 aliphatic heterocycles. The van der Waals surface area contributed by atoms with E-state index < -0.39 is 16.1 Å². The number of nitrogens with one attached hydrogen (secondary N) is 1. The average Bonchev–Trinajstić information content (AvgIpc) is 2.99. The van der Waals surface area contributed by atoms with Gasteiger partial charge in [0, 0.05) is 42.7 Å². The van der Waals surface area contributed by atoms with Gasteiger partial charge in [-0.05, 0) is 56.0 Å². The number of sulfonamides is 1. The predicted octanol–water partition coefficient (Wildman–Crippen LogP) is 4.19. The van der Waals surface area contributed by atoms with Crippen molar-refractivity contribution >= 4 is 27.8 Å². The molecule has 2 fully saturated rings. The average molecular weight is 590 g/mol. The number of aromatic nitrogens is 2. The first-order chi connectivity index (χ1) is 20.2. The number of carbonyl (C=O) groups is 2. The Labute approximate surface area is 246 Å². The Morgan fingerprint density at radius 3 is 2.48 bits per heavy atom. The third-order valence-corrected chi connectivity index (χ3v) is 9.82. The lowest BCUT2D eigenvalue weighted by Gasteiger charge is -2.42. The van der Waals surface area contributed by atoms with Crippen molar-refractivity contribution in [1.29, 1.82) is 0 Å². The Kier molecular flexibility index (Phi) is 7.61. The number of hydrogen-bond donors (Lipinski definition) is 1. The lowest BCUT2D eigenvalue weighted by molar-refractivity contribution is -0.139. The monoisotopic (exact) mass is 589 g/mol. The standard InChI is InChI=1S/C31H35N5O5S/c1-20-8-6-9-21(2)28(20)26-17-27-33-31(32-26)34-42(39,40)25-13-7-12-23(16-25)30(38)36-15-14-35(18-24(36)19-41-27)29(37)22-10-4-3-5-11-22/h6-9,12-13,16-17,22,24H,3-5,10-11,14-15,18-19H2,1-2H3,(H,32,33,34)/t24-/m1/s1. The summed E-state index contributed by atoms with van der Waals surface area (Å²) in [5, 5.41) is 0. The van der Waals surface area contributed by atoms with Gasteiger partial charge in [0.2, 0.25) is 17.7 Å². The van der Waals surface area contributed by atoms with Crippen molar-refractivity contribution in [2.24, 2.45) is 5.92 Å². The summed E-state index contributed by atoms with van der Waals surface area (Å²) in [5.41, 5.74) is 3.57. The maximum absolute atomic E-state index is 13.8. The highest BCUT2D eigenvalue weighted by molar-refractivity contribution is 7.92. The van der Waals surface area contributed by atoms with Crippen LogP contribution in [0.4, 0.5) is 5.95 Å². The van der Waals surface area contributed by atoms with Gasteiger partial charge in [0.1, 0.15) is 6.61 Å². The second-order valence-electron chi connectivity index (χ2n) is 11.4. The second-order valence-corrected chi connectivity index (χ2v) is 13.1. The molecule has 42 heavy (non-hydrogen) atoms. The van der Waals surface area contributed by atoms with E-state index in [1.165, 1.54) is 12.1 Å². The van der Waals surface area contributed by atoms with E-state index in [0.29, 0.717) is 25.3 Å². The molecule has 1 saturated carbocycles. The molecule has 10 nitrogen and oxygen atoms in total. The highest BCUT2D eigenvalue weighted by Crippen LogP contribution is 2.31. The van der Waals surface area contributed by atoms with Gasteiger partial charge in [-0.2, -0.15) is 4.98 Å². The third kappa shape index (κ3) is 5.57. The zero-order valence-electron chi connectivity index (χ0n) is 23.9. The van der Waals surface area contributed by atoms with Crippen molar-refractivity contribution in [1.82, 2.24) is 19.8 Å². The molecule has 0 radical (unpaired) electrons. The highest BCUT2D eigenvalue weighted by atomic mass is 32.2. The molecule has 1 atom stereocenters. The fourth-order valence-electron chi connectivity index (χ4n) is 6.29. The fourth-order valence-corrected chi connectivity index (χ4v) is 7.28. The summed E-state index contributed by atoms with van der Waals surface area (Å²) in [6.07, 6.45) is 5.09. The van der Waals surface area contributed by atoms with Gasteiger partial charge >= 0.3 is 0 Å². The molecule has 220 valence electrons. The van der Waals surface area contributed by atoms with Gasteiger partial charge in [0.25, 0.3) is 15.9 Å². The first-order valence-electron chi connectivity index (χ1n) is 14.5. The van der Waals surface area contributed by atoms with Crippen LogP contribution in [0.15, 0.2) is 53.4 Å². The summed E-state index contributed by atoms with van der Waals surface area (Å²) in [5.74, 6) is -0.0959. The highest BCUT2D eigenvalue weighted by Gasteiger charge is 2.36. The Balaban J connectivity index is 1.40. The van der Waals surface area contributed by atoms with E-state index in [1.807, 2.05) is 36.9 Å². The topological polar surface area (TPSA) is 122 Å². The number of aryl methyl sites for hydroxylation is 2. The van der Waals surface area contributed by atoms with Crippen molar-refractivity contribution in [3.05, 3.63) is 65.2 Å². The molecule has 3 aromatic rings. The number of fused-ring (bicyclic) bond motifs is 5. The Morgan fingerprint density at radius 1 is 0.976 bits per heavy atom. The Morgan fingerprint density at radius 2 is 1.71 bits per heavy atom. The molecule has 1 aliphatic carbocycles. The molecule has 0 unspecified atom stereocenters. The number of carbonyl (C=O) groups excluding carboxylic acids is 2. The van der Waals surface area contributed by atoms with E-state index in [9.17, 15) is 18.0 Å². The summed E-state index contributed by atoms with van der Waals surface area (Å²) in [6.45, 7) is 5.08. The number of piperazine rings is 1. The van der Waals surface area contributed by atoms with E-state index in [0.717, 1.165) is 48.8 Å². The number of nitrogens with zero attached hydrogens (tertiary/aromatic N) is 4. The van der Waals surface area contributed by atoms with E-state index in [4.69, 9.17) is 4.74 Å². The summed E-state index contributed by atoms with van der Waals surface area (Å²) in [7, 11) is -4.12. The molecule has 11 heteroatoms. The van der Waals surface area contributed by atoms with Crippen LogP contribution in [0.2, 0.25) is 0 Å². The van der Waals surface area contributed by atoms with E-state index in [-0.39, 0.29) is 46.6 Å². The minimum absolute atomic E-state index is 0.0222.